The lowest BCUT2D eigenvalue weighted by Crippen LogP contribution is -2.21. The van der Waals surface area contributed by atoms with Gasteiger partial charge in [0.2, 0.25) is 0 Å². The predicted molar refractivity (Wildman–Crippen MR) is 109 cm³/mol. The second-order valence-electron chi connectivity index (χ2n) is 5.59. The third-order valence-corrected chi connectivity index (χ3v) is 6.69. The van der Waals surface area contributed by atoms with E-state index in [1.54, 1.807) is 19.1 Å². The minimum atomic E-state index is -3.51. The fourth-order valence-corrected chi connectivity index (χ4v) is 4.30. The molecule has 1 atom stereocenters. The lowest BCUT2D eigenvalue weighted by Gasteiger charge is -2.25. The highest BCUT2D eigenvalue weighted by molar-refractivity contribution is 7.54. The molecule has 0 aliphatic heterocycles. The van der Waals surface area contributed by atoms with Crippen LogP contribution >= 0.6 is 30.8 Å². The molecule has 0 heterocycles. The summed E-state index contributed by atoms with van der Waals surface area (Å²) in [4.78, 5) is 10.8. The lowest BCUT2D eigenvalue weighted by atomic mass is 10.2. The van der Waals surface area contributed by atoms with Crippen LogP contribution in [0, 0.1) is 10.1 Å². The van der Waals surface area contributed by atoms with Crippen LogP contribution in [0.5, 0.6) is 11.5 Å². The first-order valence-corrected chi connectivity index (χ1v) is 10.5. The number of nitrogens with zero attached hydrogens (tertiary/aromatic N) is 1. The molecule has 0 spiro atoms. The van der Waals surface area contributed by atoms with Crippen molar-refractivity contribution in [2.45, 2.75) is 19.1 Å². The molecule has 2 rings (SSSR count). The summed E-state index contributed by atoms with van der Waals surface area (Å²) in [6.45, 7) is 1.75. The first-order chi connectivity index (χ1) is 13.2. The molecule has 0 radical (unpaired) electrons. The van der Waals surface area contributed by atoms with Gasteiger partial charge < -0.3 is 19.1 Å². The molecule has 0 aliphatic rings. The third-order valence-electron chi connectivity index (χ3n) is 3.89. The second-order valence-corrected chi connectivity index (χ2v) is 8.86. The van der Waals surface area contributed by atoms with Gasteiger partial charge in [-0.05, 0) is 30.7 Å². The Labute approximate surface area is 172 Å². The van der Waals surface area contributed by atoms with Gasteiger partial charge in [0.05, 0.1) is 9.95 Å². The largest absolute Gasteiger partial charge is 0.456 e. The van der Waals surface area contributed by atoms with Crippen molar-refractivity contribution in [1.82, 2.24) is 0 Å². The zero-order chi connectivity index (χ0) is 20.9. The van der Waals surface area contributed by atoms with E-state index in [-0.39, 0.29) is 22.1 Å². The number of nitro groups is 1. The minimum absolute atomic E-state index is 0.105. The van der Waals surface area contributed by atoms with E-state index in [0.29, 0.717) is 17.2 Å². The Kier molecular flexibility index (Phi) is 7.69. The van der Waals surface area contributed by atoms with E-state index in [1.165, 1.54) is 38.5 Å². The molecule has 0 saturated carbocycles. The smallest absolute Gasteiger partial charge is 0.352 e. The van der Waals surface area contributed by atoms with Gasteiger partial charge in [0.15, 0.2) is 0 Å². The highest BCUT2D eigenvalue weighted by Crippen LogP contribution is 2.53. The quantitative estimate of drug-likeness (QED) is 0.271. The van der Waals surface area contributed by atoms with Gasteiger partial charge in [0, 0.05) is 31.4 Å². The first-order valence-electron chi connectivity index (χ1n) is 8.13. The van der Waals surface area contributed by atoms with Gasteiger partial charge >= 0.3 is 7.60 Å². The maximum atomic E-state index is 12.7. The molecule has 1 unspecified atom stereocenters. The van der Waals surface area contributed by atoms with E-state index < -0.39 is 18.3 Å². The Hall–Kier alpha value is -1.83. The number of benzene rings is 2. The van der Waals surface area contributed by atoms with Crippen LogP contribution in [0.2, 0.25) is 10.0 Å². The van der Waals surface area contributed by atoms with Crippen LogP contribution in [-0.2, 0) is 13.6 Å². The van der Waals surface area contributed by atoms with Crippen molar-refractivity contribution in [2.24, 2.45) is 0 Å². The molecule has 2 aromatic rings. The van der Waals surface area contributed by atoms with Crippen molar-refractivity contribution in [3.8, 4) is 11.5 Å². The first kappa shape index (κ1) is 22.5. The summed E-state index contributed by atoms with van der Waals surface area (Å²) >= 11 is 12.0. The molecule has 0 aliphatic carbocycles. The molecule has 2 aromatic carbocycles. The minimum Gasteiger partial charge on any atom is -0.456 e. The predicted octanol–water partition coefficient (Wildman–Crippen LogP) is 6.33. The molecule has 28 heavy (non-hydrogen) atoms. The number of halogens is 2. The van der Waals surface area contributed by atoms with Crippen molar-refractivity contribution in [2.75, 3.05) is 19.5 Å². The number of hydrogen-bond donors (Lipinski definition) is 1. The molecule has 0 bridgehead atoms. The van der Waals surface area contributed by atoms with Gasteiger partial charge in [0.25, 0.3) is 5.69 Å². The number of nitrogens with one attached hydrogen (secondary N) is 1. The standard InChI is InChI=1S/C17H19Cl2N2O6P/c1-4-17(28(24,25-2)26-3)20-14-10-12(6-7-15(14)21(22)23)27-16-8-5-11(18)9-13(16)19/h5-10,17,20H,4H2,1-3H3. The van der Waals surface area contributed by atoms with Crippen molar-refractivity contribution in [3.05, 3.63) is 56.6 Å². The number of ether oxygens (including phenoxy) is 1. The average molecular weight is 449 g/mol. The zero-order valence-electron chi connectivity index (χ0n) is 15.3. The average Bonchev–Trinajstić information content (AvgIpc) is 2.67. The summed E-state index contributed by atoms with van der Waals surface area (Å²) < 4.78 is 28.4. The molecular formula is C17H19Cl2N2O6P. The van der Waals surface area contributed by atoms with Gasteiger partial charge in [-0.1, -0.05) is 30.1 Å². The Morgan fingerprint density at radius 3 is 2.39 bits per heavy atom. The van der Waals surface area contributed by atoms with Crippen LogP contribution in [0.25, 0.3) is 0 Å². The fraction of sp³-hybridized carbons (Fsp3) is 0.294. The van der Waals surface area contributed by atoms with Crippen molar-refractivity contribution < 1.29 is 23.3 Å². The highest BCUT2D eigenvalue weighted by Gasteiger charge is 2.34. The van der Waals surface area contributed by atoms with E-state index in [9.17, 15) is 14.7 Å². The topological polar surface area (TPSA) is 99.9 Å². The highest BCUT2D eigenvalue weighted by atomic mass is 35.5. The van der Waals surface area contributed by atoms with Crippen molar-refractivity contribution in [1.29, 1.82) is 0 Å². The SMILES string of the molecule is CCC(Nc1cc(Oc2ccc(Cl)cc2Cl)ccc1[N+](=O)[O-])P(=O)(OC)OC. The molecule has 152 valence electrons. The molecule has 1 N–H and O–H groups in total. The third kappa shape index (κ3) is 5.16. The molecule has 0 saturated heterocycles. The monoisotopic (exact) mass is 448 g/mol. The van der Waals surface area contributed by atoms with Crippen LogP contribution in [0.3, 0.4) is 0 Å². The van der Waals surface area contributed by atoms with Crippen LogP contribution in [-0.4, -0.2) is 24.9 Å². The van der Waals surface area contributed by atoms with E-state index >= 15 is 0 Å². The molecule has 8 nitrogen and oxygen atoms in total. The van der Waals surface area contributed by atoms with E-state index in [4.69, 9.17) is 37.0 Å². The number of rotatable bonds is 9. The summed E-state index contributed by atoms with van der Waals surface area (Å²) in [5.74, 6) is -0.176. The van der Waals surface area contributed by atoms with Crippen LogP contribution in [0.4, 0.5) is 11.4 Å². The van der Waals surface area contributed by atoms with Crippen LogP contribution < -0.4 is 10.1 Å². The molecule has 11 heteroatoms. The normalized spacial score (nSPS) is 12.5. The molecule has 0 amide bonds. The van der Waals surface area contributed by atoms with Gasteiger partial charge in [-0.2, -0.15) is 0 Å². The number of nitro benzene ring substituents is 1. The summed E-state index contributed by atoms with van der Waals surface area (Å²) in [5.41, 5.74) is -0.111. The van der Waals surface area contributed by atoms with E-state index in [0.717, 1.165) is 0 Å². The van der Waals surface area contributed by atoms with Crippen LogP contribution in [0.1, 0.15) is 13.3 Å². The molecule has 0 fully saturated rings. The lowest BCUT2D eigenvalue weighted by molar-refractivity contribution is -0.384. The Morgan fingerprint density at radius 1 is 1.18 bits per heavy atom. The van der Waals surface area contributed by atoms with Gasteiger partial charge in [0.1, 0.15) is 23.0 Å². The zero-order valence-corrected chi connectivity index (χ0v) is 17.8. The molecule has 0 aromatic heterocycles. The summed E-state index contributed by atoms with van der Waals surface area (Å²) in [5, 5.41) is 15.0. The summed E-state index contributed by atoms with van der Waals surface area (Å²) in [6.07, 6.45) is 0.338. The summed E-state index contributed by atoms with van der Waals surface area (Å²) in [7, 11) is -1.00. The van der Waals surface area contributed by atoms with E-state index in [2.05, 4.69) is 5.32 Å². The second kappa shape index (κ2) is 9.58. The molecular weight excluding hydrogens is 430 g/mol. The van der Waals surface area contributed by atoms with Crippen molar-refractivity contribution in [3.63, 3.8) is 0 Å². The fourth-order valence-electron chi connectivity index (χ4n) is 2.45. The Bertz CT molecular complexity index is 903. The maximum absolute atomic E-state index is 12.7. The number of hydrogen-bond acceptors (Lipinski definition) is 7. The van der Waals surface area contributed by atoms with Gasteiger partial charge in [-0.15, -0.1) is 0 Å². The summed E-state index contributed by atoms with van der Waals surface area (Å²) in [6, 6.07) is 8.83. The Balaban J connectivity index is 2.40. The van der Waals surface area contributed by atoms with Gasteiger partial charge in [-0.3, -0.25) is 14.7 Å². The van der Waals surface area contributed by atoms with E-state index in [1.807, 2.05) is 0 Å². The maximum Gasteiger partial charge on any atom is 0.352 e. The Morgan fingerprint density at radius 2 is 1.86 bits per heavy atom. The number of anilines is 1. The van der Waals surface area contributed by atoms with Crippen LogP contribution in [0.15, 0.2) is 36.4 Å². The van der Waals surface area contributed by atoms with Crippen molar-refractivity contribution >= 4 is 42.2 Å². The van der Waals surface area contributed by atoms with Gasteiger partial charge in [-0.25, -0.2) is 0 Å².